The van der Waals surface area contributed by atoms with Gasteiger partial charge in [-0.05, 0) is 283 Å². The van der Waals surface area contributed by atoms with E-state index < -0.39 is 12.1 Å². The fraction of sp³-hybridized carbons (Fsp3) is 0.758. The van der Waals surface area contributed by atoms with Crippen LogP contribution in [0.15, 0.2) is 69.2 Å². The number of halogens is 3. The van der Waals surface area contributed by atoms with Crippen LogP contribution in [0.25, 0.3) is 0 Å². The van der Waals surface area contributed by atoms with E-state index in [4.69, 9.17) is 60.4 Å². The van der Waals surface area contributed by atoms with Crippen molar-refractivity contribution in [2.24, 2.45) is 120 Å². The van der Waals surface area contributed by atoms with Gasteiger partial charge >= 0.3 is 5.97 Å². The van der Waals surface area contributed by atoms with E-state index in [0.717, 1.165) is 163 Å². The van der Waals surface area contributed by atoms with Crippen LogP contribution in [-0.2, 0) is 104 Å². The molecule has 0 aromatic heterocycles. The molecule has 6 fully saturated rings. The lowest BCUT2D eigenvalue weighted by atomic mass is 9.71. The normalized spacial score (nSPS) is 19.7. The number of unbranched alkanes of at least 4 members (excludes halogenated alkanes) is 4. The number of nitrogens with zero attached hydrogens (tertiary/aromatic N) is 17. The third-order valence-corrected chi connectivity index (χ3v) is 22.8. The van der Waals surface area contributed by atoms with Crippen LogP contribution in [0.5, 0.6) is 0 Å². The number of aliphatic imine (C=N–C) groups is 9. The van der Waals surface area contributed by atoms with Crippen LogP contribution in [0.3, 0.4) is 0 Å². The van der Waals surface area contributed by atoms with E-state index >= 15 is 0 Å². The number of ether oxygens (including phenoxy) is 9. The second-order valence-electron chi connectivity index (χ2n) is 35.7. The summed E-state index contributed by atoms with van der Waals surface area (Å²) in [5.74, 6) is 6.00. The fourth-order valence-electron chi connectivity index (χ4n) is 17.1. The van der Waals surface area contributed by atoms with Crippen molar-refractivity contribution in [3.05, 3.63) is 35.4 Å². The number of benzene rings is 1. The van der Waals surface area contributed by atoms with Gasteiger partial charge in [0.1, 0.15) is 39.1 Å². The predicted octanol–water partition coefficient (Wildman–Crippen LogP) is 20.9. The van der Waals surface area contributed by atoms with Crippen molar-refractivity contribution < 1.29 is 94.7 Å². The van der Waals surface area contributed by atoms with E-state index in [9.17, 15) is 47.9 Å². The molecule has 0 spiro atoms. The van der Waals surface area contributed by atoms with Crippen LogP contribution >= 0.6 is 67.8 Å². The molecule has 10 atom stereocenters. The molecular weight excluding hydrogens is 2110 g/mol. The largest absolute Gasteiger partial charge is 0.466 e. The van der Waals surface area contributed by atoms with Crippen molar-refractivity contribution in [3.8, 4) is 50.0 Å². The Bertz CT molecular complexity index is 4210. The molecule has 764 valence electrons. The highest BCUT2D eigenvalue weighted by atomic mass is 127. The zero-order chi connectivity index (χ0) is 107. The molecule has 138 heavy (non-hydrogen) atoms. The Morgan fingerprint density at radius 2 is 1.05 bits per heavy atom. The smallest absolute Gasteiger partial charge is 0.348 e. The average molecular weight is 2260 g/mol. The van der Waals surface area contributed by atoms with Crippen molar-refractivity contribution in [1.82, 2.24) is 0 Å². The summed E-state index contributed by atoms with van der Waals surface area (Å²) in [4.78, 5) is 134. The van der Waals surface area contributed by atoms with Crippen LogP contribution in [0.2, 0.25) is 0 Å². The van der Waals surface area contributed by atoms with E-state index in [-0.39, 0.29) is 35.6 Å². The van der Waals surface area contributed by atoms with Gasteiger partial charge in [-0.15, -0.1) is 0 Å². The second-order valence-corrected chi connectivity index (χ2v) is 35.7. The number of rotatable bonds is 44. The van der Waals surface area contributed by atoms with Crippen LogP contribution in [-0.4, -0.2) is 179 Å². The standard InChI is InChI=1S/C15H22N2O2.2C11H18N2O2.C10H14N2O2.C10H8N2O2.C10H17NO.C9H12N2O4.C9H13NO.C8H12N2O2.C3H5NO.3CH3I/c16-10-19-15-7-3-13(4-8-15)9-12-1-5-14(6-2-12)17-11-18;1-10(7-15-8-12)6-11(2,3)4-5-13-9-14;1-10(4-5-13-9-14)6-11(2,3)7-15-8-12;2*11-7-14-6-10-3-1-2-9(4-10)5-12-8-13;1-8-4-9(11-7-12)6-10(2,3)5-8;1-14-9(13)8(15-6-10)4-2-3-5-11-7-12;11-6-10-5-9-4-7-1-2-8(9)3-7;9-7-12-6-4-2-1-3-5-10-8-11;1-2-5-3-4;3*1-2/h12-15H,1-9H2;2*10H,4-7H2,1-3H3;9-10H,1-6H2;1-4H,5-6H2;8-9H,4-6H2,1-3H3;8H,2-5H2,1H3;7-9H,1-5H2;1-6H2;2H2,1H3;3*1H3/i;;;;;;;;;;3*1D. The van der Waals surface area contributed by atoms with Gasteiger partial charge in [0.15, 0.2) is 0 Å². The second kappa shape index (κ2) is 99.6. The minimum atomic E-state index is -0.861. The van der Waals surface area contributed by atoms with Crippen LogP contribution in [0.4, 0.5) is 0 Å². The number of nitriles is 8. The molecule has 0 radical (unpaired) electrons. The third-order valence-electron chi connectivity index (χ3n) is 22.8. The molecule has 2 bridgehead atoms. The number of carbonyl (C=O) groups is 1. The predicted molar refractivity (Wildman–Crippen MR) is 543 cm³/mol. The first kappa shape index (κ1) is 132. The summed E-state index contributed by atoms with van der Waals surface area (Å²) in [6.07, 6.45) is 58.8. The Labute approximate surface area is 864 Å². The van der Waals surface area contributed by atoms with Crippen molar-refractivity contribution in [3.63, 3.8) is 0 Å². The highest BCUT2D eigenvalue weighted by Gasteiger charge is 2.39. The summed E-state index contributed by atoms with van der Waals surface area (Å²) >= 11 is 5.86. The monoisotopic (exact) mass is 2260 g/mol. The van der Waals surface area contributed by atoms with Crippen molar-refractivity contribution in [2.75, 3.05) is 94.1 Å². The SMILES string of the molecule is CC(CCN=C=O)CC(C)(C)COC#N.CC(COC#N)CC(C)(C)CCN=C=O.CC1CC(N=C=O)CC(C)(C)C1.CCOC#N.COC(=O)C(CCCCN=C=O)OC#N.N#COC1CCC(CC2CCC(N=C=O)CC2)CC1.N#COCC1CCCC(CN=C=O)C1.N#COCCCCCCN=C=O.N#COCc1cccc(CN=C=O)c1.O=C=NCC1CC2CCC1C2.[2H]CI.[2H]CI.[2H]CI. The first-order chi connectivity index (χ1) is 67.8. The lowest BCUT2D eigenvalue weighted by Gasteiger charge is -2.36. The molecule has 0 heterocycles. The minimum absolute atomic E-state index is 0.0138. The summed E-state index contributed by atoms with van der Waals surface area (Å²) in [5, 5.41) is 65.4. The Kier molecular flexibility index (Phi) is 95.1. The van der Waals surface area contributed by atoms with Crippen LogP contribution in [0, 0.1) is 168 Å². The lowest BCUT2D eigenvalue weighted by molar-refractivity contribution is -0.150. The Balaban J connectivity index is -0.000000358. The Morgan fingerprint density at radius 3 is 1.57 bits per heavy atom. The van der Waals surface area contributed by atoms with E-state index in [1.807, 2.05) is 105 Å². The first-order valence-electron chi connectivity index (χ1n) is 48.2. The Morgan fingerprint density at radius 1 is 0.514 bits per heavy atom. The maximum atomic E-state index is 11.0. The van der Waals surface area contributed by atoms with Crippen molar-refractivity contribution in [1.29, 1.82) is 42.1 Å². The highest BCUT2D eigenvalue weighted by Crippen LogP contribution is 2.48. The molecule has 0 N–H and O–H groups in total. The van der Waals surface area contributed by atoms with E-state index in [0.29, 0.717) is 141 Å². The van der Waals surface area contributed by atoms with Crippen LogP contribution < -0.4 is 0 Å². The van der Waals surface area contributed by atoms with Gasteiger partial charge in [0, 0.05) is 9.53 Å². The van der Waals surface area contributed by atoms with Gasteiger partial charge in [-0.1, -0.05) is 174 Å². The summed E-state index contributed by atoms with van der Waals surface area (Å²) in [6, 6.07) is 7.79. The average Bonchev–Trinajstić information content (AvgIpc) is 1.68. The molecule has 36 nitrogen and oxygen atoms in total. The van der Waals surface area contributed by atoms with Crippen molar-refractivity contribution >= 4 is 128 Å². The molecule has 6 aliphatic carbocycles. The van der Waals surface area contributed by atoms with Gasteiger partial charge < -0.3 is 42.6 Å². The summed E-state index contributed by atoms with van der Waals surface area (Å²) in [6.45, 7) is 27.2. The van der Waals surface area contributed by atoms with E-state index in [1.165, 1.54) is 114 Å². The molecule has 1 aromatic rings. The number of isocyanates is 9. The summed E-state index contributed by atoms with van der Waals surface area (Å²) < 4.78 is 59.9. The molecule has 39 heteroatoms. The zero-order valence-electron chi connectivity index (χ0n) is 85.6. The zero-order valence-corrected chi connectivity index (χ0v) is 89.1. The Hall–Kier alpha value is -10.4. The highest BCUT2D eigenvalue weighted by molar-refractivity contribution is 14.1. The third kappa shape index (κ3) is 86.0. The topological polar surface area (TPSA) is 555 Å². The molecule has 6 aliphatic rings. The number of hydrogen-bond donors (Lipinski definition) is 0. The van der Waals surface area contributed by atoms with E-state index in [1.54, 1.807) is 62.5 Å². The molecular formula is C99H148I3N17O19. The number of alkyl halides is 3. The van der Waals surface area contributed by atoms with Gasteiger partial charge in [0.05, 0.1) is 71.6 Å². The molecule has 0 saturated heterocycles. The number of fused-ring (bicyclic) bond motifs is 2. The summed E-state index contributed by atoms with van der Waals surface area (Å²) in [5.41, 5.74) is 2.22. The van der Waals surface area contributed by atoms with Gasteiger partial charge in [0.25, 0.3) is 50.0 Å². The van der Waals surface area contributed by atoms with E-state index in [2.05, 4.69) is 129 Å². The first-order valence-corrected chi connectivity index (χ1v) is 50.7. The lowest BCUT2D eigenvalue weighted by Crippen LogP contribution is -2.29. The number of carbonyl (C=O) groups excluding carboxylic acids is 10. The number of esters is 1. The number of hydrogen-bond acceptors (Lipinski definition) is 36. The molecule has 1 aromatic carbocycles. The summed E-state index contributed by atoms with van der Waals surface area (Å²) in [7, 11) is 1.23. The fourth-order valence-corrected chi connectivity index (χ4v) is 17.1. The quantitative estimate of drug-likeness (QED) is 0.0111. The minimum Gasteiger partial charge on any atom is -0.466 e. The number of methoxy groups -OCH3 is 1. The maximum absolute atomic E-state index is 11.0. The molecule has 6 saturated carbocycles. The molecule has 0 aliphatic heterocycles. The van der Waals surface area contributed by atoms with Gasteiger partial charge in [-0.25, -0.2) is 92.9 Å². The van der Waals surface area contributed by atoms with Crippen LogP contribution in [0.1, 0.15) is 284 Å². The molecule has 0 amide bonds. The molecule has 7 rings (SSSR count). The molecule has 10 unspecified atom stereocenters. The van der Waals surface area contributed by atoms with Gasteiger partial charge in [-0.3, -0.25) is 0 Å². The van der Waals surface area contributed by atoms with Gasteiger partial charge in [0.2, 0.25) is 60.8 Å². The van der Waals surface area contributed by atoms with Crippen molar-refractivity contribution in [2.45, 2.75) is 306 Å². The maximum Gasteiger partial charge on any atom is 0.348 e. The van der Waals surface area contributed by atoms with Gasteiger partial charge in [-0.2, -0.15) is 42.1 Å².